The maximum atomic E-state index is 5.26. The molecular weight excluding hydrogens is 1220 g/mol. The molecule has 0 fully saturated rings. The summed E-state index contributed by atoms with van der Waals surface area (Å²) in [5.41, 5.74) is 27.6. The predicted octanol–water partition coefficient (Wildman–Crippen LogP) is 18.0. The van der Waals surface area contributed by atoms with Gasteiger partial charge in [-0.3, -0.25) is 0 Å². The summed E-state index contributed by atoms with van der Waals surface area (Å²) in [5, 5.41) is 4.80. The van der Waals surface area contributed by atoms with E-state index in [0.29, 0.717) is 0 Å². The first-order valence-electron chi connectivity index (χ1n) is 29.6. The number of anilines is 4. The number of rotatable bonds is 8. The molecule has 0 N–H and O–H groups in total. The van der Waals surface area contributed by atoms with Crippen molar-refractivity contribution in [2.45, 2.75) is 47.0 Å². The van der Waals surface area contributed by atoms with Gasteiger partial charge in [-0.1, -0.05) is 212 Å². The van der Waals surface area contributed by atoms with Crippen molar-refractivity contribution in [1.82, 2.24) is 14.1 Å². The summed E-state index contributed by atoms with van der Waals surface area (Å²) in [7, 11) is 0. The van der Waals surface area contributed by atoms with Crippen LogP contribution in [0.25, 0.3) is 99.6 Å². The van der Waals surface area contributed by atoms with E-state index in [4.69, 9.17) is 4.98 Å². The van der Waals surface area contributed by atoms with Gasteiger partial charge in [0.1, 0.15) is 5.82 Å². The van der Waals surface area contributed by atoms with Crippen molar-refractivity contribution in [3.05, 3.63) is 284 Å². The number of aryl methyl sites for hydroxylation is 3. The van der Waals surface area contributed by atoms with Crippen molar-refractivity contribution >= 4 is 89.5 Å². The Morgan fingerprint density at radius 2 is 1.07 bits per heavy atom. The first-order chi connectivity index (χ1) is 41.6. The maximum Gasteiger partial charge on any atom is 0.192 e. The van der Waals surface area contributed by atoms with E-state index >= 15 is 0 Å². The molecule has 86 heavy (non-hydrogen) atoms. The summed E-state index contributed by atoms with van der Waals surface area (Å²) < 4.78 is 4.91. The molecule has 0 atom stereocenters. The number of benzene rings is 11. The Kier molecular flexibility index (Phi) is 12.8. The molecule has 0 aliphatic carbocycles. The van der Waals surface area contributed by atoms with Gasteiger partial charge < -0.3 is 18.9 Å². The molecule has 7 heteroatoms. The van der Waals surface area contributed by atoms with Gasteiger partial charge in [0.05, 0.1) is 16.7 Å². The molecule has 0 unspecified atom stereocenters. The molecule has 2 aliphatic rings. The third kappa shape index (κ3) is 8.36. The molecule has 3 aromatic heterocycles. The number of pyridine rings is 1. The minimum Gasteiger partial charge on any atom is -0.493 e. The molecule has 0 spiro atoms. The van der Waals surface area contributed by atoms with E-state index in [2.05, 4.69) is 316 Å². The van der Waals surface area contributed by atoms with Gasteiger partial charge in [-0.05, 0) is 102 Å². The monoisotopic (exact) mass is 1280 g/mol. The van der Waals surface area contributed by atoms with Gasteiger partial charge in [-0.15, -0.1) is 17.7 Å². The van der Waals surface area contributed by atoms with Crippen LogP contribution >= 0.6 is 0 Å². The molecule has 0 saturated carbocycles. The Hall–Kier alpha value is -9.48. The van der Waals surface area contributed by atoms with Crippen LogP contribution in [-0.2, 0) is 26.5 Å². The molecule has 11 aromatic carbocycles. The smallest absolute Gasteiger partial charge is 0.192 e. The second-order valence-corrected chi connectivity index (χ2v) is 24.1. The zero-order chi connectivity index (χ0) is 57.2. The van der Waals surface area contributed by atoms with E-state index in [0.717, 1.165) is 83.9 Å². The minimum atomic E-state index is -0.241. The third-order valence-corrected chi connectivity index (χ3v) is 17.9. The van der Waals surface area contributed by atoms with Crippen molar-refractivity contribution in [1.29, 1.82) is 0 Å². The maximum absolute atomic E-state index is 5.26. The van der Waals surface area contributed by atoms with Crippen LogP contribution in [0.3, 0.4) is 0 Å². The fourth-order valence-corrected chi connectivity index (χ4v) is 14.2. The molecule has 0 radical (unpaired) electrons. The largest absolute Gasteiger partial charge is 0.493 e. The first-order valence-corrected chi connectivity index (χ1v) is 29.6. The van der Waals surface area contributed by atoms with Crippen LogP contribution in [0.5, 0.6) is 0 Å². The molecule has 0 bridgehead atoms. The Labute approximate surface area is 517 Å². The summed E-state index contributed by atoms with van der Waals surface area (Å²) in [6, 6.07) is 95.2. The molecule has 2 aliphatic heterocycles. The van der Waals surface area contributed by atoms with E-state index in [1.807, 2.05) is 6.20 Å². The van der Waals surface area contributed by atoms with Gasteiger partial charge >= 0.3 is 0 Å². The van der Waals surface area contributed by atoms with Gasteiger partial charge in [0.25, 0.3) is 0 Å². The zero-order valence-electron chi connectivity index (χ0n) is 48.8. The Morgan fingerprint density at radius 3 is 1.80 bits per heavy atom. The molecule has 0 amide bonds. The molecular formula is C79H59BN5Pt-3. The van der Waals surface area contributed by atoms with Crippen LogP contribution in [0.4, 0.5) is 22.7 Å². The van der Waals surface area contributed by atoms with E-state index < -0.39 is 0 Å². The summed E-state index contributed by atoms with van der Waals surface area (Å²) in [5.74, 6) is 0.865. The predicted molar refractivity (Wildman–Crippen MR) is 358 cm³/mol. The molecule has 0 saturated heterocycles. The standard InChI is InChI=1S/C79H59BN5.Pt/c1-50-44-51(2)76(52(3)45-50)80(56-26-19-27-58(47-56)82-49-83(69-37-18-17-36-68(69)82)77-59(53-22-9-7-10-23-53)31-20-32-60(77)54-24-11-8-12-25-54)57-38-39-66-72(48-57)84(73-46-55(42-43-81-73)79(4,5)6)70-40-41-71-74(75(66)70)63-30-14-13-28-61(63)64-33-21-34-65-62-29-15-16-35-67(62)85(71)78(64)65;/h7-46,49H,1-6H3;/q-3;. The van der Waals surface area contributed by atoms with E-state index in [1.165, 1.54) is 77.2 Å². The third-order valence-electron chi connectivity index (χ3n) is 17.9. The van der Waals surface area contributed by atoms with Crippen LogP contribution < -0.4 is 26.2 Å². The number of nitrogens with zero attached hydrogens (tertiary/aromatic N) is 5. The van der Waals surface area contributed by atoms with Crippen molar-refractivity contribution in [2.24, 2.45) is 0 Å². The second-order valence-electron chi connectivity index (χ2n) is 24.1. The number of fused-ring (bicyclic) bond motifs is 13. The number of hydrogen-bond donors (Lipinski definition) is 0. The van der Waals surface area contributed by atoms with Crippen LogP contribution in [0.2, 0.25) is 0 Å². The van der Waals surface area contributed by atoms with E-state index in [9.17, 15) is 0 Å². The fraction of sp³-hybridized carbons (Fsp3) is 0.0886. The fourth-order valence-electron chi connectivity index (χ4n) is 14.2. The summed E-state index contributed by atoms with van der Waals surface area (Å²) >= 11 is 0. The number of para-hydroxylation sites is 5. The first kappa shape index (κ1) is 53.3. The van der Waals surface area contributed by atoms with Gasteiger partial charge in [0, 0.05) is 82.9 Å². The van der Waals surface area contributed by atoms with Gasteiger partial charge in [0.2, 0.25) is 0 Å². The van der Waals surface area contributed by atoms with Crippen LogP contribution in [0.1, 0.15) is 43.0 Å². The summed E-state index contributed by atoms with van der Waals surface area (Å²) in [4.78, 5) is 9.97. The molecule has 14 aromatic rings. The molecule has 5 heterocycles. The minimum absolute atomic E-state index is 0. The molecule has 5 nitrogen and oxygen atoms in total. The number of aromatic nitrogens is 3. The van der Waals surface area contributed by atoms with Crippen molar-refractivity contribution in [3.63, 3.8) is 0 Å². The quantitative estimate of drug-likeness (QED) is 0.112. The van der Waals surface area contributed by atoms with Crippen LogP contribution in [-0.4, -0.2) is 20.8 Å². The zero-order valence-corrected chi connectivity index (χ0v) is 51.1. The Balaban J connectivity index is 0.00000625. The van der Waals surface area contributed by atoms with Crippen molar-refractivity contribution in [2.75, 3.05) is 9.80 Å². The number of hydrogen-bond acceptors (Lipinski definition) is 3. The van der Waals surface area contributed by atoms with Crippen molar-refractivity contribution < 1.29 is 21.1 Å². The Bertz CT molecular complexity index is 4950. The van der Waals surface area contributed by atoms with Gasteiger partial charge in [-0.25, -0.2) is 4.98 Å². The van der Waals surface area contributed by atoms with Gasteiger partial charge in [-0.2, -0.15) is 53.4 Å². The van der Waals surface area contributed by atoms with Crippen LogP contribution in [0.15, 0.2) is 243 Å². The summed E-state index contributed by atoms with van der Waals surface area (Å²) in [6.45, 7) is 15.6. The normalized spacial score (nSPS) is 12.6. The van der Waals surface area contributed by atoms with E-state index in [1.54, 1.807) is 0 Å². The van der Waals surface area contributed by atoms with Crippen LogP contribution in [0, 0.1) is 39.6 Å². The Morgan fingerprint density at radius 1 is 0.465 bits per heavy atom. The second kappa shape index (κ2) is 20.6. The topological polar surface area (TPSA) is 29.2 Å². The van der Waals surface area contributed by atoms with Crippen molar-refractivity contribution in [3.8, 4) is 56.0 Å². The average molecular weight is 1280 g/mol. The SMILES string of the molecule is Cc1cc(C)c(B(c2[c-]c(N3[CH-]N(c4c(-c5ccccc5)cccc4-c4ccccc4)c4ccccc43)ccc2)c2[c-]c3c(cc2)c2c4c(ccc2n3-c2cc(C(C)(C)C)ccn2)-n2c3ccccc3c3cccc(c32)-c2ccccc2-4)c(C)c1.[Pt]. The molecule has 416 valence electrons. The van der Waals surface area contributed by atoms with Gasteiger partial charge in [0.15, 0.2) is 6.71 Å². The average Bonchev–Trinajstić information content (AvgIpc) is 1.57. The van der Waals surface area contributed by atoms with E-state index in [-0.39, 0.29) is 33.2 Å². The molecule has 16 rings (SSSR count). The summed E-state index contributed by atoms with van der Waals surface area (Å²) in [6.07, 6.45) is 1.98.